The molecule has 9 aromatic rings. The number of ether oxygens (including phenoxy) is 1. The number of likely N-dealkylation sites (tertiary alicyclic amines) is 1. The fourth-order valence-electron chi connectivity index (χ4n) is 10.9. The fraction of sp³-hybridized carbons (Fsp3) is 0.261. The lowest BCUT2D eigenvalue weighted by Crippen LogP contribution is -2.56. The number of piperidine rings is 1. The van der Waals surface area contributed by atoms with Gasteiger partial charge in [0.25, 0.3) is 11.8 Å². The number of hydrogen-bond donors (Lipinski definition) is 8. The molecular weight excluding hydrogens is 1210 g/mol. The highest BCUT2D eigenvalue weighted by Crippen LogP contribution is 2.35. The minimum absolute atomic E-state index is 0.0235. The first kappa shape index (κ1) is 65.0. The van der Waals surface area contributed by atoms with Crippen molar-refractivity contribution in [1.29, 1.82) is 0 Å². The zero-order chi connectivity index (χ0) is 64.5. The van der Waals surface area contributed by atoms with Crippen LogP contribution in [-0.2, 0) is 20.9 Å². The van der Waals surface area contributed by atoms with Crippen LogP contribution in [-0.4, -0.2) is 153 Å². The zero-order valence-corrected chi connectivity index (χ0v) is 53.0. The molecule has 1 saturated carbocycles. The van der Waals surface area contributed by atoms with Gasteiger partial charge in [0.1, 0.15) is 6.61 Å². The standard InChI is InChI=1S/C38H39ClN8O4.C31H34ClN7O2/c1-46(2)18-8-13-34(48)42-27-16-14-26(15-17-27)36(49)43-28-19-29(23-47(22-28)38(50)51-24-25-9-4-3-5-10-25)44-37-41-21-32(39)35(45-37)31-20-40-33-12-7-6-11-30(31)33;1-39(2)16-6-11-28(40)35-21-14-12-20(13-15-21)30(41)36-22-7-5-8-23(17-22)37-31-34-19-26(32)29(38-31)25-18-33-27-10-4-3-9-24(25)27/h3-17,20-21,28-29,40H,18-19,22-24H2,1-2H3,(H,42,48)(H,43,49)(H,41,44,45);3-4,6,9-15,18-19,22-23,33H,5,7-8,16-17H2,1-2H3,(H,35,40)(H,36,41)(H,34,37,38)/b13-8+;11-6+/t28-,29+;22-,23+/m10/s1. The molecule has 5 amide bonds. The van der Waals surface area contributed by atoms with Crippen LogP contribution in [0.4, 0.5) is 28.1 Å². The molecule has 474 valence electrons. The summed E-state index contributed by atoms with van der Waals surface area (Å²) >= 11 is 13.1. The normalized spacial score (nSPS) is 16.5. The van der Waals surface area contributed by atoms with E-state index in [2.05, 4.69) is 51.8 Å². The molecule has 21 nitrogen and oxygen atoms in total. The van der Waals surface area contributed by atoms with Crippen LogP contribution in [0.15, 0.2) is 176 Å². The van der Waals surface area contributed by atoms with Crippen molar-refractivity contribution in [3.8, 4) is 22.5 Å². The molecule has 92 heavy (non-hydrogen) atoms. The number of benzene rings is 5. The molecule has 11 rings (SSSR count). The molecule has 2 aliphatic rings. The molecule has 0 radical (unpaired) electrons. The van der Waals surface area contributed by atoms with Crippen LogP contribution < -0.4 is 31.9 Å². The second-order valence-corrected chi connectivity index (χ2v) is 23.9. The van der Waals surface area contributed by atoms with Gasteiger partial charge in [0, 0.05) is 130 Å². The van der Waals surface area contributed by atoms with E-state index in [4.69, 9.17) is 37.9 Å². The van der Waals surface area contributed by atoms with Gasteiger partial charge in [0.05, 0.1) is 33.8 Å². The van der Waals surface area contributed by atoms with E-state index in [1.807, 2.05) is 129 Å². The maximum Gasteiger partial charge on any atom is 0.410 e. The lowest BCUT2D eigenvalue weighted by Gasteiger charge is -2.37. The maximum atomic E-state index is 13.4. The number of H-pyrrole nitrogens is 2. The first-order chi connectivity index (χ1) is 44.6. The molecule has 0 unspecified atom stereocenters. The molecule has 4 atom stereocenters. The van der Waals surface area contributed by atoms with Gasteiger partial charge in [-0.2, -0.15) is 0 Å². The second-order valence-electron chi connectivity index (χ2n) is 23.1. The lowest BCUT2D eigenvalue weighted by atomic mass is 9.91. The average Bonchev–Trinajstić information content (AvgIpc) is 1.68. The lowest BCUT2D eigenvalue weighted by molar-refractivity contribution is -0.112. The number of para-hydroxylation sites is 2. The second kappa shape index (κ2) is 31.2. The SMILES string of the molecule is CN(C)C/C=C/C(=O)Nc1ccc(C(=O)N[C@@H]2C[C@H](Nc3ncc(Cl)c(-c4c[nH]c5ccccc45)n3)CN(C(=O)OCc3ccccc3)C2)cc1.CN(C)C/C=C/C(=O)Nc1ccc(C(=O)N[C@H]2CCC[C@@H](Nc3ncc(Cl)c(-c4c[nH]c5ccccc45)n3)C2)cc1. The summed E-state index contributed by atoms with van der Waals surface area (Å²) in [5.41, 5.74) is 8.01. The van der Waals surface area contributed by atoms with Crippen molar-refractivity contribution in [3.05, 3.63) is 203 Å². The quantitative estimate of drug-likeness (QED) is 0.0330. The number of carbonyl (C=O) groups is 5. The molecule has 5 aromatic carbocycles. The van der Waals surface area contributed by atoms with Gasteiger partial charge in [-0.05, 0) is 127 Å². The van der Waals surface area contributed by atoms with Crippen LogP contribution in [0.5, 0.6) is 0 Å². The van der Waals surface area contributed by atoms with Crippen molar-refractivity contribution in [2.75, 3.05) is 75.6 Å². The number of nitrogens with one attached hydrogen (secondary N) is 8. The number of likely N-dealkylation sites (N-methyl/N-ethyl adjacent to an activating group) is 2. The highest BCUT2D eigenvalue weighted by Gasteiger charge is 2.33. The first-order valence-electron chi connectivity index (χ1n) is 30.3. The molecule has 0 spiro atoms. The predicted octanol–water partition coefficient (Wildman–Crippen LogP) is 11.4. The van der Waals surface area contributed by atoms with Gasteiger partial charge >= 0.3 is 6.09 Å². The summed E-state index contributed by atoms with van der Waals surface area (Å²) in [5, 5.41) is 21.6. The summed E-state index contributed by atoms with van der Waals surface area (Å²) in [6, 6.07) is 38.3. The molecular formula is C69H73Cl2N15O6. The molecule has 1 aliphatic carbocycles. The Bertz CT molecular complexity index is 4080. The summed E-state index contributed by atoms with van der Waals surface area (Å²) in [6.07, 6.45) is 17.1. The number of fused-ring (bicyclic) bond motifs is 2. The van der Waals surface area contributed by atoms with E-state index in [1.54, 1.807) is 78.0 Å². The van der Waals surface area contributed by atoms with Gasteiger partial charge in [-0.15, -0.1) is 0 Å². The van der Waals surface area contributed by atoms with E-state index in [9.17, 15) is 24.0 Å². The van der Waals surface area contributed by atoms with E-state index < -0.39 is 12.1 Å². The molecule has 1 aliphatic heterocycles. The van der Waals surface area contributed by atoms with Gasteiger partial charge < -0.3 is 61.3 Å². The monoisotopic (exact) mass is 1280 g/mol. The molecule has 1 saturated heterocycles. The molecule has 8 N–H and O–H groups in total. The summed E-state index contributed by atoms with van der Waals surface area (Å²) in [6.45, 7) is 1.99. The molecule has 2 fully saturated rings. The zero-order valence-electron chi connectivity index (χ0n) is 51.5. The summed E-state index contributed by atoms with van der Waals surface area (Å²) < 4.78 is 5.66. The minimum Gasteiger partial charge on any atom is -0.445 e. The topological polar surface area (TPSA) is 260 Å². The Morgan fingerprint density at radius 1 is 0.576 bits per heavy atom. The number of carbonyl (C=O) groups excluding carboxylic acids is 5. The molecule has 0 bridgehead atoms. The van der Waals surface area contributed by atoms with Crippen LogP contribution in [0, 0.1) is 0 Å². The third-order valence-corrected chi connectivity index (χ3v) is 16.0. The highest BCUT2D eigenvalue weighted by atomic mass is 35.5. The molecule has 23 heteroatoms. The largest absolute Gasteiger partial charge is 0.445 e. The van der Waals surface area contributed by atoms with Gasteiger partial charge in [-0.1, -0.05) is 102 Å². The predicted molar refractivity (Wildman–Crippen MR) is 363 cm³/mol. The number of halogens is 2. The number of anilines is 4. The smallest absolute Gasteiger partial charge is 0.410 e. The van der Waals surface area contributed by atoms with Crippen LogP contribution >= 0.6 is 23.2 Å². The number of hydrogen-bond acceptors (Lipinski definition) is 14. The number of aromatic nitrogens is 6. The number of rotatable bonds is 20. The van der Waals surface area contributed by atoms with Crippen LogP contribution in [0.1, 0.15) is 58.4 Å². The summed E-state index contributed by atoms with van der Waals surface area (Å²) in [4.78, 5) is 94.4. The van der Waals surface area contributed by atoms with E-state index in [-0.39, 0.29) is 54.9 Å². The highest BCUT2D eigenvalue weighted by molar-refractivity contribution is 6.33. The van der Waals surface area contributed by atoms with Crippen molar-refractivity contribution >= 4 is 98.0 Å². The summed E-state index contributed by atoms with van der Waals surface area (Å²) in [7, 11) is 7.71. The van der Waals surface area contributed by atoms with Gasteiger partial charge in [0.2, 0.25) is 23.7 Å². The summed E-state index contributed by atoms with van der Waals surface area (Å²) in [5.74, 6) is -0.0604. The number of amides is 5. The minimum atomic E-state index is -0.499. The van der Waals surface area contributed by atoms with Crippen LogP contribution in [0.2, 0.25) is 10.0 Å². The Hall–Kier alpha value is -9.93. The van der Waals surface area contributed by atoms with Crippen molar-refractivity contribution < 1.29 is 28.7 Å². The van der Waals surface area contributed by atoms with Gasteiger partial charge in [-0.3, -0.25) is 19.2 Å². The van der Waals surface area contributed by atoms with Crippen LogP contribution in [0.3, 0.4) is 0 Å². The third-order valence-electron chi connectivity index (χ3n) is 15.4. The Balaban J connectivity index is 0.000000206. The Labute approximate surface area is 543 Å². The van der Waals surface area contributed by atoms with E-state index >= 15 is 0 Å². The molecule has 5 heterocycles. The fourth-order valence-corrected chi connectivity index (χ4v) is 11.3. The Kier molecular flexibility index (Phi) is 22.1. The van der Waals surface area contributed by atoms with Crippen LogP contribution in [0.25, 0.3) is 44.3 Å². The van der Waals surface area contributed by atoms with Crippen molar-refractivity contribution in [2.24, 2.45) is 0 Å². The van der Waals surface area contributed by atoms with E-state index in [0.29, 0.717) is 81.9 Å². The Morgan fingerprint density at radius 3 is 1.55 bits per heavy atom. The van der Waals surface area contributed by atoms with E-state index in [1.165, 1.54) is 12.2 Å². The van der Waals surface area contributed by atoms with E-state index in [0.717, 1.165) is 64.2 Å². The molecule has 4 aromatic heterocycles. The van der Waals surface area contributed by atoms with Crippen molar-refractivity contribution in [3.63, 3.8) is 0 Å². The van der Waals surface area contributed by atoms with Gasteiger partial charge in [0.15, 0.2) is 0 Å². The Morgan fingerprint density at radius 2 is 1.03 bits per heavy atom. The third kappa shape index (κ3) is 17.9. The number of nitrogens with zero attached hydrogens (tertiary/aromatic N) is 7. The average molecular weight is 1280 g/mol. The maximum absolute atomic E-state index is 13.4. The first-order valence-corrected chi connectivity index (χ1v) is 31.1. The van der Waals surface area contributed by atoms with Crippen molar-refractivity contribution in [1.82, 2.24) is 55.2 Å². The van der Waals surface area contributed by atoms with Crippen molar-refractivity contribution in [2.45, 2.75) is 62.9 Å². The van der Waals surface area contributed by atoms with Gasteiger partial charge in [-0.25, -0.2) is 24.7 Å². The number of aromatic amines is 2.